The van der Waals surface area contributed by atoms with Crippen LogP contribution in [0.3, 0.4) is 0 Å². The lowest BCUT2D eigenvalue weighted by molar-refractivity contribution is 0.199. The zero-order valence-corrected chi connectivity index (χ0v) is 18.5. The molecule has 25 heavy (non-hydrogen) atoms. The molecule has 1 N–H and O–H groups in total. The Morgan fingerprint density at radius 2 is 1.52 bits per heavy atom. The lowest BCUT2D eigenvalue weighted by Gasteiger charge is -2.23. The Kier molecular flexibility index (Phi) is 12.1. The van der Waals surface area contributed by atoms with Crippen LogP contribution >= 0.6 is 7.60 Å². The molecule has 0 saturated carbocycles. The minimum atomic E-state index is -3.00. The van der Waals surface area contributed by atoms with Crippen molar-refractivity contribution in [2.24, 2.45) is 10.4 Å². The van der Waals surface area contributed by atoms with Crippen molar-refractivity contribution in [2.45, 2.75) is 79.7 Å². The van der Waals surface area contributed by atoms with E-state index in [1.54, 1.807) is 0 Å². The molecule has 0 aliphatic rings. The van der Waals surface area contributed by atoms with Crippen LogP contribution in [0.1, 0.15) is 74.1 Å². The highest BCUT2D eigenvalue weighted by Crippen LogP contribution is 2.47. The van der Waals surface area contributed by atoms with Crippen molar-refractivity contribution in [1.29, 1.82) is 0 Å². The first kappa shape index (κ1) is 24.8. The normalized spacial score (nSPS) is 13.7. The van der Waals surface area contributed by atoms with Crippen molar-refractivity contribution in [2.75, 3.05) is 32.5 Å². The highest BCUT2D eigenvalue weighted by molar-refractivity contribution is 7.53. The molecular weight excluding hydrogens is 335 g/mol. The van der Waals surface area contributed by atoms with Gasteiger partial charge in [0.1, 0.15) is 0 Å². The van der Waals surface area contributed by atoms with Crippen molar-refractivity contribution in [3.05, 3.63) is 0 Å². The summed E-state index contributed by atoms with van der Waals surface area (Å²) in [5, 5.41) is 3.37. The number of nitrogens with one attached hydrogen (secondary N) is 1. The van der Waals surface area contributed by atoms with Crippen LogP contribution in [0.25, 0.3) is 0 Å². The van der Waals surface area contributed by atoms with Crippen LogP contribution in [-0.4, -0.2) is 44.2 Å². The first-order valence-electron chi connectivity index (χ1n) is 9.69. The number of aliphatic imine (C=N–C) groups is 1. The predicted octanol–water partition coefficient (Wildman–Crippen LogP) is 5.30. The van der Waals surface area contributed by atoms with E-state index in [0.717, 1.165) is 32.2 Å². The van der Waals surface area contributed by atoms with Gasteiger partial charge in [-0.25, -0.2) is 0 Å². The molecule has 0 radical (unpaired) electrons. The van der Waals surface area contributed by atoms with E-state index in [9.17, 15) is 4.57 Å². The smallest absolute Gasteiger partial charge is 0.315 e. The second kappa shape index (κ2) is 12.2. The first-order valence-corrected chi connectivity index (χ1v) is 11.4. The van der Waals surface area contributed by atoms with Gasteiger partial charge in [-0.2, -0.15) is 0 Å². The molecule has 6 heteroatoms. The molecular formula is C19H41N2O3P. The summed E-state index contributed by atoms with van der Waals surface area (Å²) in [7, 11) is -3.00. The highest BCUT2D eigenvalue weighted by Gasteiger charge is 2.24. The Labute approximate surface area is 155 Å². The molecule has 0 aliphatic carbocycles. The van der Waals surface area contributed by atoms with Crippen molar-refractivity contribution >= 4 is 13.8 Å². The van der Waals surface area contributed by atoms with E-state index >= 15 is 0 Å². The molecule has 5 nitrogen and oxygen atoms in total. The van der Waals surface area contributed by atoms with Crippen molar-refractivity contribution < 1.29 is 13.6 Å². The summed E-state index contributed by atoms with van der Waals surface area (Å²) in [5.74, 6) is 0. The molecule has 0 aromatic heterocycles. The Morgan fingerprint density at radius 1 is 1.00 bits per heavy atom. The van der Waals surface area contributed by atoms with Gasteiger partial charge in [0, 0.05) is 24.7 Å². The quantitative estimate of drug-likeness (QED) is 0.254. The molecule has 0 aliphatic heterocycles. The monoisotopic (exact) mass is 376 g/mol. The number of hydrogen-bond donors (Lipinski definition) is 1. The topological polar surface area (TPSA) is 59.9 Å². The van der Waals surface area contributed by atoms with E-state index < -0.39 is 7.60 Å². The molecule has 0 amide bonds. The molecule has 0 rings (SSSR count). The van der Waals surface area contributed by atoms with Crippen LogP contribution in [0, 0.1) is 5.41 Å². The van der Waals surface area contributed by atoms with Gasteiger partial charge < -0.3 is 14.4 Å². The highest BCUT2D eigenvalue weighted by atomic mass is 31.2. The van der Waals surface area contributed by atoms with Gasteiger partial charge in [-0.05, 0) is 33.6 Å². The second-order valence-electron chi connectivity index (χ2n) is 8.30. The van der Waals surface area contributed by atoms with Crippen LogP contribution in [0.15, 0.2) is 4.99 Å². The molecule has 0 heterocycles. The fourth-order valence-corrected chi connectivity index (χ4v) is 3.48. The molecule has 0 aromatic carbocycles. The zero-order valence-electron chi connectivity index (χ0n) is 17.6. The number of hydrogen-bond acceptors (Lipinski definition) is 5. The van der Waals surface area contributed by atoms with E-state index in [-0.39, 0.29) is 11.0 Å². The van der Waals surface area contributed by atoms with Gasteiger partial charge in [0.2, 0.25) is 0 Å². The molecule has 0 saturated heterocycles. The summed E-state index contributed by atoms with van der Waals surface area (Å²) < 4.78 is 24.0. The van der Waals surface area contributed by atoms with Gasteiger partial charge in [-0.15, -0.1) is 0 Å². The molecule has 0 fully saturated rings. The van der Waals surface area contributed by atoms with Crippen LogP contribution in [0.5, 0.6) is 0 Å². The van der Waals surface area contributed by atoms with E-state index in [4.69, 9.17) is 9.05 Å². The molecule has 0 aromatic rings. The minimum Gasteiger partial charge on any atom is -0.315 e. The maximum absolute atomic E-state index is 12.8. The Morgan fingerprint density at radius 3 is 1.96 bits per heavy atom. The summed E-state index contributed by atoms with van der Waals surface area (Å²) in [6.45, 7) is 17.1. The van der Waals surface area contributed by atoms with Gasteiger partial charge in [-0.3, -0.25) is 9.56 Å². The van der Waals surface area contributed by atoms with Crippen molar-refractivity contribution in [3.63, 3.8) is 0 Å². The van der Waals surface area contributed by atoms with Gasteiger partial charge in [0.15, 0.2) is 0 Å². The predicted molar refractivity (Wildman–Crippen MR) is 109 cm³/mol. The van der Waals surface area contributed by atoms with E-state index in [0.29, 0.717) is 25.9 Å². The lowest BCUT2D eigenvalue weighted by atomic mass is 9.94. The largest absolute Gasteiger partial charge is 0.331 e. The number of unbranched alkanes of at least 4 members (excludes halogenated alkanes) is 2. The van der Waals surface area contributed by atoms with Crippen molar-refractivity contribution in [1.82, 2.24) is 5.32 Å². The fourth-order valence-electron chi connectivity index (χ4n) is 1.90. The Bertz CT molecular complexity index is 403. The zero-order chi connectivity index (χ0) is 19.4. The number of nitrogens with zero attached hydrogens (tertiary/aromatic N) is 1. The minimum absolute atomic E-state index is 0.0522. The third-order valence-corrected chi connectivity index (χ3v) is 5.44. The lowest BCUT2D eigenvalue weighted by Crippen LogP contribution is -2.33. The van der Waals surface area contributed by atoms with Gasteiger partial charge >= 0.3 is 7.60 Å². The van der Waals surface area contributed by atoms with Gasteiger partial charge in [0.25, 0.3) is 0 Å². The van der Waals surface area contributed by atoms with Crippen LogP contribution in [-0.2, 0) is 13.6 Å². The molecule has 0 spiro atoms. The Hall–Kier alpha value is -0.220. The summed E-state index contributed by atoms with van der Waals surface area (Å²) in [6.07, 6.45) is 6.28. The third kappa shape index (κ3) is 14.6. The number of rotatable bonds is 14. The average molecular weight is 377 g/mol. The summed E-state index contributed by atoms with van der Waals surface area (Å²) in [4.78, 5) is 4.59. The van der Waals surface area contributed by atoms with E-state index in [1.165, 1.54) is 0 Å². The molecule has 0 bridgehead atoms. The van der Waals surface area contributed by atoms with Gasteiger partial charge in [-0.1, -0.05) is 40.5 Å². The van der Waals surface area contributed by atoms with Crippen molar-refractivity contribution in [3.8, 4) is 0 Å². The Balaban J connectivity index is 4.39. The summed E-state index contributed by atoms with van der Waals surface area (Å²) in [6, 6.07) is 0. The fraction of sp³-hybridized carbons (Fsp3) is 0.947. The van der Waals surface area contributed by atoms with E-state index in [2.05, 4.69) is 58.8 Å². The standard InChI is InChI=1S/C19H41N2O3P/c1-8-10-13-23-25(22,24-14-11-9-2)15-12-20-16-19(6,7)17-21-18(3,4)5/h17,20H,8-16H2,1-7H3. The summed E-state index contributed by atoms with van der Waals surface area (Å²) >= 11 is 0. The second-order valence-corrected chi connectivity index (χ2v) is 10.5. The van der Waals surface area contributed by atoms with Crippen LogP contribution in [0.4, 0.5) is 0 Å². The SMILES string of the molecule is CCCCOP(=O)(CCNCC(C)(C)C=NC(C)(C)C)OCCCC. The molecule has 0 unspecified atom stereocenters. The van der Waals surface area contributed by atoms with Gasteiger partial charge in [0.05, 0.1) is 24.9 Å². The third-order valence-electron chi connectivity index (χ3n) is 3.52. The molecule has 150 valence electrons. The van der Waals surface area contributed by atoms with Crippen LogP contribution in [0.2, 0.25) is 0 Å². The summed E-state index contributed by atoms with van der Waals surface area (Å²) in [5.41, 5.74) is -0.114. The first-order chi connectivity index (χ1) is 11.5. The average Bonchev–Trinajstić information content (AvgIpc) is 2.50. The van der Waals surface area contributed by atoms with Crippen LogP contribution < -0.4 is 5.32 Å². The molecule has 0 atom stereocenters. The maximum atomic E-state index is 12.8. The maximum Gasteiger partial charge on any atom is 0.331 e. The van der Waals surface area contributed by atoms with E-state index in [1.807, 2.05) is 6.21 Å².